The van der Waals surface area contributed by atoms with Crippen LogP contribution in [0.1, 0.15) is 26.2 Å². The van der Waals surface area contributed by atoms with Crippen LogP contribution in [0.4, 0.5) is 0 Å². The second kappa shape index (κ2) is 7.00. The highest BCUT2D eigenvalue weighted by atomic mass is 32.2. The molecular weight excluding hydrogens is 316 g/mol. The summed E-state index contributed by atoms with van der Waals surface area (Å²) in [5.41, 5.74) is 0.690. The van der Waals surface area contributed by atoms with Crippen molar-refractivity contribution in [1.82, 2.24) is 0 Å². The fourth-order valence-corrected chi connectivity index (χ4v) is 4.62. The van der Waals surface area contributed by atoms with E-state index in [0.29, 0.717) is 18.4 Å². The van der Waals surface area contributed by atoms with Crippen LogP contribution in [-0.2, 0) is 19.4 Å². The maximum absolute atomic E-state index is 12.8. The normalized spacial score (nSPS) is 25.0. The van der Waals surface area contributed by atoms with E-state index in [-0.39, 0.29) is 22.6 Å². The van der Waals surface area contributed by atoms with Gasteiger partial charge in [-0.15, -0.1) is 0 Å². The summed E-state index contributed by atoms with van der Waals surface area (Å²) < 4.78 is 30.3. The van der Waals surface area contributed by atoms with Gasteiger partial charge in [-0.25, -0.2) is 13.2 Å². The maximum atomic E-state index is 12.8. The molecule has 124 valence electrons. The van der Waals surface area contributed by atoms with Crippen molar-refractivity contribution in [3.63, 3.8) is 0 Å². The summed E-state index contributed by atoms with van der Waals surface area (Å²) in [5.74, 6) is -0.807. The lowest BCUT2D eigenvalue weighted by Gasteiger charge is -2.21. The third-order valence-corrected chi connectivity index (χ3v) is 6.24. The fraction of sp³-hybridized carbons (Fsp3) is 0.353. The van der Waals surface area contributed by atoms with Gasteiger partial charge in [0, 0.05) is 0 Å². The third-order valence-electron chi connectivity index (χ3n) is 3.95. The molecule has 1 aromatic rings. The number of benzene rings is 1. The highest BCUT2D eigenvalue weighted by molar-refractivity contribution is 7.92. The molecule has 1 aromatic carbocycles. The predicted octanol–water partition coefficient (Wildman–Crippen LogP) is 2.94. The zero-order valence-electron chi connectivity index (χ0n) is 13.2. The van der Waals surface area contributed by atoms with Crippen LogP contribution >= 0.6 is 0 Å². The van der Waals surface area contributed by atoms with Crippen LogP contribution in [0.25, 0.3) is 0 Å². The van der Waals surface area contributed by atoms with Crippen molar-refractivity contribution >= 4 is 15.8 Å². The quantitative estimate of drug-likeness (QED) is 0.858. The molecule has 0 saturated carbocycles. The van der Waals surface area contributed by atoms with Crippen molar-refractivity contribution in [1.29, 1.82) is 0 Å². The molecule has 0 fully saturated rings. The molecule has 0 amide bonds. The van der Waals surface area contributed by atoms with Crippen LogP contribution in [0.2, 0.25) is 0 Å². The second-order valence-corrected chi connectivity index (χ2v) is 7.61. The summed E-state index contributed by atoms with van der Waals surface area (Å²) in [6, 6.07) is 8.26. The monoisotopic (exact) mass is 336 g/mol. The van der Waals surface area contributed by atoms with E-state index in [1.165, 1.54) is 13.2 Å². The zero-order chi connectivity index (χ0) is 17.0. The smallest absolute Gasteiger partial charge is 0.337 e. The molecule has 1 atom stereocenters. The Morgan fingerprint density at radius 2 is 1.91 bits per heavy atom. The van der Waals surface area contributed by atoms with E-state index in [1.807, 2.05) is 0 Å². The lowest BCUT2D eigenvalue weighted by molar-refractivity contribution is -0.136. The summed E-state index contributed by atoms with van der Waals surface area (Å²) in [6.07, 6.45) is 2.49. The first-order valence-electron chi connectivity index (χ1n) is 7.35. The predicted molar refractivity (Wildman–Crippen MR) is 86.7 cm³/mol. The van der Waals surface area contributed by atoms with E-state index < -0.39 is 21.1 Å². The zero-order valence-corrected chi connectivity index (χ0v) is 14.0. The number of carbonyl (C=O) groups is 1. The molecular formula is C17H20O5S. The largest absolute Gasteiger partial charge is 0.507 e. The van der Waals surface area contributed by atoms with Crippen LogP contribution in [0, 0.1) is 0 Å². The molecule has 0 aromatic heterocycles. The number of carbonyl (C=O) groups excluding carboxylic acids is 1. The molecule has 2 rings (SSSR count). The fourth-order valence-electron chi connectivity index (χ4n) is 2.72. The molecule has 0 spiro atoms. The molecule has 6 heteroatoms. The Bertz CT molecular complexity index is 744. The molecule has 0 bridgehead atoms. The number of esters is 1. The van der Waals surface area contributed by atoms with Crippen molar-refractivity contribution in [2.45, 2.75) is 36.3 Å². The van der Waals surface area contributed by atoms with Crippen molar-refractivity contribution in [2.75, 3.05) is 7.11 Å². The maximum Gasteiger partial charge on any atom is 0.337 e. The van der Waals surface area contributed by atoms with Gasteiger partial charge in [0.15, 0.2) is 9.84 Å². The van der Waals surface area contributed by atoms with Gasteiger partial charge in [-0.1, -0.05) is 23.8 Å². The van der Waals surface area contributed by atoms with E-state index in [4.69, 9.17) is 0 Å². The van der Waals surface area contributed by atoms with Crippen LogP contribution in [0.15, 0.2) is 58.2 Å². The summed E-state index contributed by atoms with van der Waals surface area (Å²) in [4.78, 5) is 11.9. The lowest BCUT2D eigenvalue weighted by Crippen LogP contribution is -2.24. The number of hydrogen-bond donors (Lipinski definition) is 1. The van der Waals surface area contributed by atoms with Gasteiger partial charge < -0.3 is 9.84 Å². The number of sulfone groups is 1. The number of hydrogen-bond acceptors (Lipinski definition) is 5. The number of allylic oxidation sites excluding steroid dienone is 1. The van der Waals surface area contributed by atoms with Gasteiger partial charge in [-0.05, 0) is 44.4 Å². The van der Waals surface area contributed by atoms with E-state index >= 15 is 0 Å². The Morgan fingerprint density at radius 1 is 1.26 bits per heavy atom. The molecule has 1 N–H and O–H groups in total. The van der Waals surface area contributed by atoms with Gasteiger partial charge in [0.1, 0.15) is 5.76 Å². The summed E-state index contributed by atoms with van der Waals surface area (Å²) in [7, 11) is -2.29. The molecule has 0 radical (unpaired) electrons. The number of aliphatic hydroxyl groups excluding tert-OH is 1. The highest BCUT2D eigenvalue weighted by Crippen LogP contribution is 2.29. The average molecular weight is 336 g/mol. The molecule has 23 heavy (non-hydrogen) atoms. The summed E-state index contributed by atoms with van der Waals surface area (Å²) in [5, 5.41) is 9.39. The van der Waals surface area contributed by atoms with Crippen molar-refractivity contribution < 1.29 is 23.1 Å². The number of rotatable bonds is 3. The number of methoxy groups -OCH3 is 1. The lowest BCUT2D eigenvalue weighted by atomic mass is 9.98. The van der Waals surface area contributed by atoms with Gasteiger partial charge in [0.2, 0.25) is 0 Å². The standard InChI is InChI=1S/C17H20O5S/c1-12-11-15(18)14(17(19)22-2)9-6-10-16(12)23(20,21)13-7-4-3-5-8-13/h3-5,7-8,11,16,18H,6,9-10H2,1-2H3/b12-11-,15-14-. The van der Waals surface area contributed by atoms with Crippen LogP contribution in [0.3, 0.4) is 0 Å². The topological polar surface area (TPSA) is 80.7 Å². The third kappa shape index (κ3) is 3.64. The van der Waals surface area contributed by atoms with E-state index in [9.17, 15) is 18.3 Å². The van der Waals surface area contributed by atoms with Gasteiger partial charge in [-0.2, -0.15) is 0 Å². The molecule has 0 heterocycles. The van der Waals surface area contributed by atoms with Gasteiger partial charge in [0.25, 0.3) is 0 Å². The Hall–Kier alpha value is -2.08. The van der Waals surface area contributed by atoms with Gasteiger partial charge in [0.05, 0.1) is 22.8 Å². The molecule has 0 aliphatic heterocycles. The van der Waals surface area contributed by atoms with Crippen LogP contribution in [0.5, 0.6) is 0 Å². The molecule has 1 unspecified atom stereocenters. The summed E-state index contributed by atoms with van der Waals surface area (Å²) in [6.45, 7) is 1.65. The first kappa shape index (κ1) is 17.3. The minimum atomic E-state index is -3.54. The van der Waals surface area contributed by atoms with E-state index in [1.54, 1.807) is 37.3 Å². The highest BCUT2D eigenvalue weighted by Gasteiger charge is 2.30. The van der Waals surface area contributed by atoms with Gasteiger partial charge >= 0.3 is 5.97 Å². The Labute approximate surface area is 136 Å². The SMILES string of the molecule is COC(=O)/C1=C(O)/C=C(/C)C(S(=O)(=O)c2ccccc2)CCC1. The number of ether oxygens (including phenoxy) is 1. The van der Waals surface area contributed by atoms with Crippen molar-refractivity contribution in [2.24, 2.45) is 0 Å². The molecule has 1 aliphatic rings. The molecule has 1 aliphatic carbocycles. The first-order chi connectivity index (χ1) is 10.9. The second-order valence-electron chi connectivity index (χ2n) is 5.48. The van der Waals surface area contributed by atoms with E-state index in [0.717, 1.165) is 0 Å². The molecule has 0 saturated heterocycles. The Kier molecular flexibility index (Phi) is 5.26. The molecule has 5 nitrogen and oxygen atoms in total. The minimum absolute atomic E-state index is 0.183. The Morgan fingerprint density at radius 3 is 2.52 bits per heavy atom. The first-order valence-corrected chi connectivity index (χ1v) is 8.90. The number of aliphatic hydroxyl groups is 1. The van der Waals surface area contributed by atoms with Crippen molar-refractivity contribution in [3.05, 3.63) is 53.3 Å². The van der Waals surface area contributed by atoms with Crippen LogP contribution < -0.4 is 0 Å². The Balaban J connectivity index is 2.43. The minimum Gasteiger partial charge on any atom is -0.507 e. The average Bonchev–Trinajstić information content (AvgIpc) is 2.53. The van der Waals surface area contributed by atoms with Gasteiger partial charge in [-0.3, -0.25) is 0 Å². The van der Waals surface area contributed by atoms with E-state index in [2.05, 4.69) is 4.74 Å². The van der Waals surface area contributed by atoms with Crippen molar-refractivity contribution in [3.8, 4) is 0 Å². The van der Waals surface area contributed by atoms with Crippen LogP contribution in [-0.4, -0.2) is 31.9 Å². The summed E-state index contributed by atoms with van der Waals surface area (Å²) >= 11 is 0.